The number of allylic oxidation sites excluding steroid dienone is 1. The monoisotopic (exact) mass is 543 g/mol. The highest BCUT2D eigenvalue weighted by Crippen LogP contribution is 2.32. The van der Waals surface area contributed by atoms with Gasteiger partial charge in [-0.05, 0) is 43.7 Å². The third-order valence-electron chi connectivity index (χ3n) is 6.24. The second-order valence-electron chi connectivity index (χ2n) is 8.61. The molecule has 1 aliphatic rings. The summed E-state index contributed by atoms with van der Waals surface area (Å²) in [4.78, 5) is 43.3. The molecule has 3 heterocycles. The van der Waals surface area contributed by atoms with Crippen LogP contribution in [0.15, 0.2) is 86.1 Å². The zero-order chi connectivity index (χ0) is 27.7. The molecule has 0 saturated heterocycles. The van der Waals surface area contributed by atoms with Crippen molar-refractivity contribution in [3.8, 4) is 17.1 Å². The quantitative estimate of drug-likeness (QED) is 0.328. The van der Waals surface area contributed by atoms with E-state index in [9.17, 15) is 19.5 Å². The average Bonchev–Trinajstić information content (AvgIpc) is 3.52. The van der Waals surface area contributed by atoms with Crippen LogP contribution in [0.4, 0.5) is 0 Å². The number of thiazole rings is 1. The number of methoxy groups -OCH3 is 1. The van der Waals surface area contributed by atoms with Crippen molar-refractivity contribution in [1.82, 2.24) is 4.57 Å². The molecule has 0 radical (unpaired) electrons. The number of furan rings is 1. The van der Waals surface area contributed by atoms with Crippen LogP contribution in [0.5, 0.6) is 5.75 Å². The Morgan fingerprint density at radius 3 is 2.69 bits per heavy atom. The Kier molecular flexibility index (Phi) is 7.03. The number of carbonyl (C=O) groups excluding carboxylic acids is 2. The van der Waals surface area contributed by atoms with E-state index in [1.807, 2.05) is 6.07 Å². The smallest absolute Gasteiger partial charge is 0.338 e. The molecule has 0 saturated carbocycles. The van der Waals surface area contributed by atoms with Gasteiger partial charge in [0.25, 0.3) is 5.56 Å². The van der Waals surface area contributed by atoms with Crippen LogP contribution in [0.25, 0.3) is 17.4 Å². The van der Waals surface area contributed by atoms with Gasteiger partial charge in [-0.3, -0.25) is 9.36 Å². The van der Waals surface area contributed by atoms with E-state index in [4.69, 9.17) is 13.9 Å². The first-order valence-corrected chi connectivity index (χ1v) is 12.9. The lowest BCUT2D eigenvalue weighted by molar-refractivity contribution is -0.255. The van der Waals surface area contributed by atoms with Crippen LogP contribution < -0.4 is 24.7 Å². The van der Waals surface area contributed by atoms with Gasteiger partial charge in [0, 0.05) is 17.2 Å². The topological polar surface area (TPSA) is 123 Å². The summed E-state index contributed by atoms with van der Waals surface area (Å²) >= 11 is 1.16. The summed E-state index contributed by atoms with van der Waals surface area (Å²) < 4.78 is 18.4. The largest absolute Gasteiger partial charge is 0.545 e. The number of esters is 1. The Morgan fingerprint density at radius 1 is 1.15 bits per heavy atom. The van der Waals surface area contributed by atoms with Crippen LogP contribution in [-0.4, -0.2) is 30.2 Å². The van der Waals surface area contributed by atoms with Crippen LogP contribution >= 0.6 is 11.3 Å². The summed E-state index contributed by atoms with van der Waals surface area (Å²) in [5, 5.41) is 11.5. The number of rotatable bonds is 7. The fourth-order valence-electron chi connectivity index (χ4n) is 4.50. The predicted octanol–water partition coefficient (Wildman–Crippen LogP) is 2.43. The zero-order valence-corrected chi connectivity index (χ0v) is 22.1. The van der Waals surface area contributed by atoms with Gasteiger partial charge >= 0.3 is 5.97 Å². The number of nitrogens with zero attached hydrogens (tertiary/aromatic N) is 2. The van der Waals surface area contributed by atoms with E-state index in [2.05, 4.69) is 4.99 Å². The lowest BCUT2D eigenvalue weighted by Crippen LogP contribution is -2.39. The van der Waals surface area contributed by atoms with E-state index in [1.54, 1.807) is 75.6 Å². The van der Waals surface area contributed by atoms with Crippen molar-refractivity contribution in [2.75, 3.05) is 13.7 Å². The highest BCUT2D eigenvalue weighted by molar-refractivity contribution is 7.07. The summed E-state index contributed by atoms with van der Waals surface area (Å²) in [5.41, 5.74) is 1.38. The fraction of sp³-hybridized carbons (Fsp3) is 0.172. The number of hydrogen-bond donors (Lipinski definition) is 0. The minimum atomic E-state index is -1.32. The Morgan fingerprint density at radius 2 is 1.95 bits per heavy atom. The van der Waals surface area contributed by atoms with E-state index in [-0.39, 0.29) is 23.3 Å². The number of hydrogen-bond acceptors (Lipinski definition) is 9. The molecule has 1 aliphatic heterocycles. The molecule has 9 nitrogen and oxygen atoms in total. The molecule has 0 unspecified atom stereocenters. The molecule has 0 aliphatic carbocycles. The van der Waals surface area contributed by atoms with Crippen LogP contribution in [0.1, 0.15) is 41.6 Å². The number of aromatic carboxylic acids is 1. The van der Waals surface area contributed by atoms with Crippen molar-refractivity contribution < 1.29 is 28.6 Å². The standard InChI is InChI=1S/C29H24N2O7S/c1-4-37-28(35)24-16(2)30-29-31(25(24)17-8-7-9-18(14-17)36-3)26(32)23(39-29)15-19-12-13-22(38-19)20-10-5-6-11-21(20)27(33)34/h5-15,25H,4H2,1-3H3,(H,33,34)/p-1/b23-15-/t25-/m1/s1. The third kappa shape index (κ3) is 4.82. The lowest BCUT2D eigenvalue weighted by atomic mass is 9.95. The SMILES string of the molecule is CCOC(=O)C1=C(C)N=c2s/c(=C\c3ccc(-c4ccccc4C(=O)[O-])o3)c(=O)n2[C@@H]1c1cccc(OC)c1. The van der Waals surface area contributed by atoms with Crippen molar-refractivity contribution in [2.45, 2.75) is 19.9 Å². The minimum Gasteiger partial charge on any atom is -0.545 e. The van der Waals surface area contributed by atoms with Gasteiger partial charge in [0.1, 0.15) is 17.3 Å². The highest BCUT2D eigenvalue weighted by atomic mass is 32.1. The van der Waals surface area contributed by atoms with Crippen molar-refractivity contribution in [1.29, 1.82) is 0 Å². The number of benzene rings is 2. The first-order valence-electron chi connectivity index (χ1n) is 12.1. The van der Waals surface area contributed by atoms with Crippen LogP contribution in [0, 0.1) is 0 Å². The van der Waals surface area contributed by atoms with Gasteiger partial charge in [0.15, 0.2) is 4.80 Å². The number of fused-ring (bicyclic) bond motifs is 1. The first-order chi connectivity index (χ1) is 18.8. The number of aromatic nitrogens is 1. The summed E-state index contributed by atoms with van der Waals surface area (Å²) in [6.07, 6.45) is 1.57. The van der Waals surface area contributed by atoms with E-state index in [0.29, 0.717) is 43.4 Å². The predicted molar refractivity (Wildman–Crippen MR) is 142 cm³/mol. The van der Waals surface area contributed by atoms with Crippen LogP contribution in [-0.2, 0) is 9.53 Å². The minimum absolute atomic E-state index is 0.00182. The molecule has 2 aromatic carbocycles. The molecule has 0 bridgehead atoms. The van der Waals surface area contributed by atoms with Crippen molar-refractivity contribution in [2.24, 2.45) is 4.99 Å². The Bertz CT molecular complexity index is 1810. The summed E-state index contributed by atoms with van der Waals surface area (Å²) in [7, 11) is 1.54. The number of ether oxygens (including phenoxy) is 2. The zero-order valence-electron chi connectivity index (χ0n) is 21.3. The molecule has 5 rings (SSSR count). The lowest BCUT2D eigenvalue weighted by Gasteiger charge is -2.24. The Hall–Kier alpha value is -4.70. The van der Waals surface area contributed by atoms with Gasteiger partial charge in [0.2, 0.25) is 0 Å². The van der Waals surface area contributed by atoms with E-state index in [0.717, 1.165) is 11.3 Å². The van der Waals surface area contributed by atoms with Crippen molar-refractivity contribution in [3.05, 3.63) is 109 Å². The molecule has 0 N–H and O–H groups in total. The van der Waals surface area contributed by atoms with Gasteiger partial charge in [-0.15, -0.1) is 0 Å². The van der Waals surface area contributed by atoms with Gasteiger partial charge in [-0.2, -0.15) is 0 Å². The van der Waals surface area contributed by atoms with E-state index in [1.165, 1.54) is 10.6 Å². The normalized spacial score (nSPS) is 15.1. The van der Waals surface area contributed by atoms with Gasteiger partial charge in [-0.25, -0.2) is 9.79 Å². The second kappa shape index (κ2) is 10.6. The highest BCUT2D eigenvalue weighted by Gasteiger charge is 2.33. The first kappa shape index (κ1) is 25.9. The maximum Gasteiger partial charge on any atom is 0.338 e. The molecule has 2 aromatic heterocycles. The molecular formula is C29H23N2O7S-. The Labute approximate surface area is 226 Å². The van der Waals surface area contributed by atoms with E-state index >= 15 is 0 Å². The van der Waals surface area contributed by atoms with Gasteiger partial charge < -0.3 is 23.8 Å². The average molecular weight is 544 g/mol. The third-order valence-corrected chi connectivity index (χ3v) is 7.22. The summed E-state index contributed by atoms with van der Waals surface area (Å²) in [6.45, 7) is 3.60. The Balaban J connectivity index is 1.65. The van der Waals surface area contributed by atoms with E-state index < -0.39 is 18.0 Å². The van der Waals surface area contributed by atoms with Crippen LogP contribution in [0.2, 0.25) is 0 Å². The molecular weight excluding hydrogens is 520 g/mol. The molecule has 39 heavy (non-hydrogen) atoms. The van der Waals surface area contributed by atoms with Gasteiger partial charge in [-0.1, -0.05) is 47.7 Å². The van der Waals surface area contributed by atoms with Crippen molar-refractivity contribution in [3.63, 3.8) is 0 Å². The second-order valence-corrected chi connectivity index (χ2v) is 9.62. The summed E-state index contributed by atoms with van der Waals surface area (Å²) in [6, 6.07) is 16.0. The fourth-order valence-corrected chi connectivity index (χ4v) is 5.53. The van der Waals surface area contributed by atoms with Crippen molar-refractivity contribution >= 4 is 29.4 Å². The van der Waals surface area contributed by atoms with Crippen LogP contribution in [0.3, 0.4) is 0 Å². The number of carboxylic acids is 1. The maximum atomic E-state index is 13.8. The molecule has 1 atom stereocenters. The molecule has 198 valence electrons. The number of carboxylic acid groups (broad SMARTS) is 1. The number of carbonyl (C=O) groups is 2. The molecule has 10 heteroatoms. The van der Waals surface area contributed by atoms with Gasteiger partial charge in [0.05, 0.1) is 41.5 Å². The molecule has 4 aromatic rings. The summed E-state index contributed by atoms with van der Waals surface area (Å²) in [5.74, 6) is -0.621. The molecule has 0 spiro atoms. The molecule has 0 fully saturated rings. The maximum absolute atomic E-state index is 13.8. The molecule has 0 amide bonds.